The lowest BCUT2D eigenvalue weighted by atomic mass is 10.0. The fourth-order valence-electron chi connectivity index (χ4n) is 4.71. The first kappa shape index (κ1) is 23.8. The van der Waals surface area contributed by atoms with Crippen LogP contribution in [0.3, 0.4) is 0 Å². The Morgan fingerprint density at radius 2 is 1.70 bits per heavy atom. The third-order valence-corrected chi connectivity index (χ3v) is 7.48. The number of hydrogen-bond donors (Lipinski definition) is 0. The molecule has 0 bridgehead atoms. The molecular weight excluding hydrogens is 490 g/mol. The van der Waals surface area contributed by atoms with Gasteiger partial charge in [0.2, 0.25) is 0 Å². The van der Waals surface area contributed by atoms with Crippen LogP contribution in [0, 0.1) is 11.6 Å². The highest BCUT2D eigenvalue weighted by molar-refractivity contribution is 7.98. The molecule has 8 heteroatoms. The molecule has 1 aliphatic rings. The molecule has 5 aromatic rings. The Hall–Kier alpha value is -3.62. The summed E-state index contributed by atoms with van der Waals surface area (Å²) in [4.78, 5) is 4.91. The number of thioether (sulfide) groups is 1. The van der Waals surface area contributed by atoms with Gasteiger partial charge in [0, 0.05) is 34.9 Å². The van der Waals surface area contributed by atoms with E-state index in [1.165, 1.54) is 23.9 Å². The van der Waals surface area contributed by atoms with Crippen LogP contribution in [0.4, 0.5) is 8.78 Å². The standard InChI is InChI=1S/C29H24F2N4OS/c30-21-13-19(14-22(31)15-21)18-37-29-34-33-28(35(29)17-23-9-6-12-36-23)25-16-27(20-7-2-1-3-8-20)32-26-11-5-4-10-24(25)26/h1-5,7-8,10-11,13-16,23H,6,9,12,17-18H2/t23-/m0/s1. The van der Waals surface area contributed by atoms with Crippen molar-refractivity contribution in [3.63, 3.8) is 0 Å². The first-order chi connectivity index (χ1) is 18.1. The molecule has 3 heterocycles. The maximum Gasteiger partial charge on any atom is 0.191 e. The van der Waals surface area contributed by atoms with Gasteiger partial charge in [0.25, 0.3) is 0 Å². The van der Waals surface area contributed by atoms with Gasteiger partial charge < -0.3 is 4.74 Å². The fraction of sp³-hybridized carbons (Fsp3) is 0.207. The molecule has 0 aliphatic carbocycles. The third kappa shape index (κ3) is 5.12. The summed E-state index contributed by atoms with van der Waals surface area (Å²) in [6, 6.07) is 23.7. The van der Waals surface area contributed by atoms with Crippen LogP contribution < -0.4 is 0 Å². The van der Waals surface area contributed by atoms with E-state index in [-0.39, 0.29) is 6.10 Å². The van der Waals surface area contributed by atoms with Gasteiger partial charge in [-0.15, -0.1) is 10.2 Å². The van der Waals surface area contributed by atoms with Gasteiger partial charge in [0.15, 0.2) is 11.0 Å². The molecule has 0 N–H and O–H groups in total. The number of rotatable bonds is 7. The van der Waals surface area contributed by atoms with Crippen LogP contribution in [0.25, 0.3) is 33.5 Å². The highest BCUT2D eigenvalue weighted by atomic mass is 32.2. The van der Waals surface area contributed by atoms with E-state index in [0.717, 1.165) is 59.1 Å². The van der Waals surface area contributed by atoms with E-state index in [4.69, 9.17) is 9.72 Å². The van der Waals surface area contributed by atoms with Gasteiger partial charge in [-0.25, -0.2) is 13.8 Å². The number of benzene rings is 3. The first-order valence-electron chi connectivity index (χ1n) is 12.2. The lowest BCUT2D eigenvalue weighted by molar-refractivity contribution is 0.0953. The molecule has 37 heavy (non-hydrogen) atoms. The molecule has 1 saturated heterocycles. The number of ether oxygens (including phenoxy) is 1. The van der Waals surface area contributed by atoms with Crippen molar-refractivity contribution < 1.29 is 13.5 Å². The van der Waals surface area contributed by atoms with Gasteiger partial charge in [0.05, 0.1) is 23.9 Å². The Morgan fingerprint density at radius 3 is 2.49 bits per heavy atom. The van der Waals surface area contributed by atoms with Gasteiger partial charge >= 0.3 is 0 Å². The molecule has 6 rings (SSSR count). The lowest BCUT2D eigenvalue weighted by Gasteiger charge is -2.16. The number of aromatic nitrogens is 4. The van der Waals surface area contributed by atoms with Crippen LogP contribution in [-0.4, -0.2) is 32.5 Å². The van der Waals surface area contributed by atoms with E-state index >= 15 is 0 Å². The Kier molecular flexibility index (Phi) is 6.68. The number of hydrogen-bond acceptors (Lipinski definition) is 5. The molecule has 2 aromatic heterocycles. The van der Waals surface area contributed by atoms with Crippen LogP contribution in [-0.2, 0) is 17.0 Å². The van der Waals surface area contributed by atoms with Crippen molar-refractivity contribution in [3.8, 4) is 22.6 Å². The molecule has 5 nitrogen and oxygen atoms in total. The van der Waals surface area contributed by atoms with Crippen LogP contribution in [0.15, 0.2) is 84.0 Å². The number of para-hydroxylation sites is 1. The van der Waals surface area contributed by atoms with Crippen molar-refractivity contribution in [2.45, 2.75) is 36.4 Å². The zero-order chi connectivity index (χ0) is 25.2. The molecular formula is C29H24F2N4OS. The molecule has 0 amide bonds. The first-order valence-corrected chi connectivity index (χ1v) is 13.2. The minimum Gasteiger partial charge on any atom is -0.376 e. The normalized spacial score (nSPS) is 15.5. The predicted molar refractivity (Wildman–Crippen MR) is 141 cm³/mol. The van der Waals surface area contributed by atoms with Crippen LogP contribution in [0.1, 0.15) is 18.4 Å². The molecule has 0 radical (unpaired) electrons. The summed E-state index contributed by atoms with van der Waals surface area (Å²) in [5, 5.41) is 10.8. The summed E-state index contributed by atoms with van der Waals surface area (Å²) in [5.41, 5.74) is 4.22. The van der Waals surface area contributed by atoms with E-state index in [1.54, 1.807) is 0 Å². The summed E-state index contributed by atoms with van der Waals surface area (Å²) in [5.74, 6) is -0.0909. The Morgan fingerprint density at radius 1 is 0.919 bits per heavy atom. The Labute approximate surface area is 217 Å². The van der Waals surface area contributed by atoms with Crippen LogP contribution in [0.2, 0.25) is 0 Å². The van der Waals surface area contributed by atoms with Crippen LogP contribution in [0.5, 0.6) is 0 Å². The van der Waals surface area contributed by atoms with Crippen molar-refractivity contribution in [3.05, 3.63) is 96.1 Å². The summed E-state index contributed by atoms with van der Waals surface area (Å²) >= 11 is 1.41. The largest absolute Gasteiger partial charge is 0.376 e. The lowest BCUT2D eigenvalue weighted by Crippen LogP contribution is -2.16. The number of fused-ring (bicyclic) bond motifs is 1. The molecule has 0 spiro atoms. The highest BCUT2D eigenvalue weighted by Gasteiger charge is 2.23. The zero-order valence-electron chi connectivity index (χ0n) is 20.0. The van der Waals surface area contributed by atoms with Gasteiger partial charge in [-0.05, 0) is 42.7 Å². The van der Waals surface area contributed by atoms with Crippen molar-refractivity contribution in [1.29, 1.82) is 0 Å². The van der Waals surface area contributed by atoms with Crippen molar-refractivity contribution in [2.75, 3.05) is 6.61 Å². The summed E-state index contributed by atoms with van der Waals surface area (Å²) in [6.07, 6.45) is 2.04. The fourth-order valence-corrected chi connectivity index (χ4v) is 5.59. The molecule has 3 aromatic carbocycles. The Bertz CT molecular complexity index is 1530. The monoisotopic (exact) mass is 514 g/mol. The van der Waals surface area contributed by atoms with Crippen LogP contribution >= 0.6 is 11.8 Å². The average molecular weight is 515 g/mol. The van der Waals surface area contributed by atoms with Crippen molar-refractivity contribution in [1.82, 2.24) is 19.7 Å². The topological polar surface area (TPSA) is 52.8 Å². The number of nitrogens with zero attached hydrogens (tertiary/aromatic N) is 4. The molecule has 0 unspecified atom stereocenters. The molecule has 1 atom stereocenters. The van der Waals surface area contributed by atoms with E-state index in [0.29, 0.717) is 23.0 Å². The molecule has 1 aliphatic heterocycles. The quantitative estimate of drug-likeness (QED) is 0.221. The minimum absolute atomic E-state index is 0.0578. The summed E-state index contributed by atoms with van der Waals surface area (Å²) < 4.78 is 35.5. The second-order valence-electron chi connectivity index (χ2n) is 9.06. The average Bonchev–Trinajstić information content (AvgIpc) is 3.57. The van der Waals surface area contributed by atoms with E-state index in [9.17, 15) is 8.78 Å². The minimum atomic E-state index is -0.589. The Balaban J connectivity index is 1.44. The third-order valence-electron chi connectivity index (χ3n) is 6.44. The number of pyridine rings is 1. The maximum absolute atomic E-state index is 13.8. The van der Waals surface area contributed by atoms with Gasteiger partial charge in [-0.2, -0.15) is 0 Å². The predicted octanol–water partition coefficient (Wildman–Crippen LogP) is 6.91. The molecule has 1 fully saturated rings. The van der Waals surface area contributed by atoms with E-state index in [1.807, 2.05) is 54.6 Å². The zero-order valence-corrected chi connectivity index (χ0v) is 20.8. The van der Waals surface area contributed by atoms with Gasteiger partial charge in [-0.3, -0.25) is 4.57 Å². The second-order valence-corrected chi connectivity index (χ2v) is 10.00. The van der Waals surface area contributed by atoms with Crippen molar-refractivity contribution in [2.24, 2.45) is 0 Å². The molecule has 186 valence electrons. The summed E-state index contributed by atoms with van der Waals surface area (Å²) in [7, 11) is 0. The second kappa shape index (κ2) is 10.4. The van der Waals surface area contributed by atoms with Crippen molar-refractivity contribution >= 4 is 22.7 Å². The van der Waals surface area contributed by atoms with E-state index < -0.39 is 11.6 Å². The highest BCUT2D eigenvalue weighted by Crippen LogP contribution is 2.34. The van der Waals surface area contributed by atoms with Gasteiger partial charge in [-0.1, -0.05) is 60.3 Å². The number of halogens is 2. The maximum atomic E-state index is 13.8. The molecule has 0 saturated carbocycles. The van der Waals surface area contributed by atoms with Gasteiger partial charge in [0.1, 0.15) is 11.6 Å². The SMILES string of the molecule is Fc1cc(F)cc(CSc2nnc(-c3cc(-c4ccccc4)nc4ccccc34)n2C[C@@H]2CCCO2)c1. The smallest absolute Gasteiger partial charge is 0.191 e. The van der Waals surface area contributed by atoms with E-state index in [2.05, 4.69) is 20.8 Å². The summed E-state index contributed by atoms with van der Waals surface area (Å²) in [6.45, 7) is 1.34.